The molecule has 2 aromatic carbocycles. The first kappa shape index (κ1) is 23.0. The molecule has 5 rings (SSSR count). The molecule has 0 fully saturated rings. The summed E-state index contributed by atoms with van der Waals surface area (Å²) in [5, 5.41) is 3.58. The minimum Gasteiger partial charge on any atom is -0.490 e. The zero-order valence-electron chi connectivity index (χ0n) is 18.6. The molecule has 1 aliphatic carbocycles. The lowest BCUT2D eigenvalue weighted by molar-refractivity contribution is 0.313. The van der Waals surface area contributed by atoms with Crippen LogP contribution in [0.2, 0.25) is 0 Å². The summed E-state index contributed by atoms with van der Waals surface area (Å²) < 4.78 is 31.7. The average molecular weight is 469 g/mol. The van der Waals surface area contributed by atoms with Crippen LogP contribution in [0.25, 0.3) is 0 Å². The van der Waals surface area contributed by atoms with E-state index < -0.39 is 10.1 Å². The first-order chi connectivity index (χ1) is 15.9. The number of nitrogens with one attached hydrogen (secondary N) is 1. The molecule has 33 heavy (non-hydrogen) atoms. The summed E-state index contributed by atoms with van der Waals surface area (Å²) in [5.74, 6) is 2.65. The van der Waals surface area contributed by atoms with Crippen molar-refractivity contribution in [2.24, 2.45) is 0 Å². The molecule has 174 valence electrons. The van der Waals surface area contributed by atoms with E-state index in [1.54, 1.807) is 0 Å². The Hall–Kier alpha value is -3.17. The minimum absolute atomic E-state index is 0.643. The molecule has 2 aliphatic rings. The largest absolute Gasteiger partial charge is 0.490 e. The number of rotatable bonds is 4. The van der Waals surface area contributed by atoms with Gasteiger partial charge >= 0.3 is 0 Å². The second-order valence-corrected chi connectivity index (χ2v) is 9.51. The number of anilines is 3. The summed E-state index contributed by atoms with van der Waals surface area (Å²) >= 11 is 0. The van der Waals surface area contributed by atoms with Gasteiger partial charge in [0.2, 0.25) is 5.95 Å². The molecular weight excluding hydrogens is 440 g/mol. The van der Waals surface area contributed by atoms with Gasteiger partial charge in [-0.25, -0.2) is 4.98 Å². The van der Waals surface area contributed by atoms with E-state index in [2.05, 4.69) is 40.5 Å². The van der Waals surface area contributed by atoms with Crippen LogP contribution in [0.5, 0.6) is 5.75 Å². The van der Waals surface area contributed by atoms with Crippen molar-refractivity contribution in [1.82, 2.24) is 9.97 Å². The van der Waals surface area contributed by atoms with E-state index in [0.29, 0.717) is 12.9 Å². The number of hydrogen-bond donors (Lipinski definition) is 2. The van der Waals surface area contributed by atoms with Crippen molar-refractivity contribution in [2.75, 3.05) is 29.6 Å². The Balaban J connectivity index is 0.000000471. The molecule has 0 saturated heterocycles. The number of fused-ring (bicyclic) bond motifs is 2. The fourth-order valence-electron chi connectivity index (χ4n) is 4.01. The molecule has 2 N–H and O–H groups in total. The number of hydrogen-bond acceptors (Lipinski definition) is 7. The molecule has 3 aromatic rings. The van der Waals surface area contributed by atoms with Crippen LogP contribution in [0.4, 0.5) is 17.5 Å². The molecule has 0 amide bonds. The van der Waals surface area contributed by atoms with E-state index in [-0.39, 0.29) is 0 Å². The first-order valence-corrected chi connectivity index (χ1v) is 12.8. The van der Waals surface area contributed by atoms with Crippen molar-refractivity contribution in [2.45, 2.75) is 32.2 Å². The Morgan fingerprint density at radius 3 is 2.52 bits per heavy atom. The van der Waals surface area contributed by atoms with Crippen LogP contribution in [0, 0.1) is 0 Å². The topological polar surface area (TPSA) is 105 Å². The zero-order valence-corrected chi connectivity index (χ0v) is 19.4. The molecule has 0 spiro atoms. The summed E-state index contributed by atoms with van der Waals surface area (Å²) in [5.41, 5.74) is 4.77. The van der Waals surface area contributed by atoms with E-state index in [4.69, 9.17) is 19.3 Å². The van der Waals surface area contributed by atoms with Gasteiger partial charge in [0.15, 0.2) is 0 Å². The highest BCUT2D eigenvalue weighted by molar-refractivity contribution is 7.85. The normalized spacial score (nSPS) is 14.8. The highest BCUT2D eigenvalue weighted by Gasteiger charge is 2.25. The van der Waals surface area contributed by atoms with E-state index in [0.717, 1.165) is 49.1 Å². The zero-order chi connectivity index (χ0) is 23.3. The van der Waals surface area contributed by atoms with Gasteiger partial charge in [0.25, 0.3) is 10.1 Å². The Labute approximate surface area is 194 Å². The van der Waals surface area contributed by atoms with Crippen LogP contribution in [0.3, 0.4) is 0 Å². The second-order valence-electron chi connectivity index (χ2n) is 8.04. The molecule has 1 aromatic heterocycles. The molecule has 0 bridgehead atoms. The van der Waals surface area contributed by atoms with E-state index in [9.17, 15) is 8.42 Å². The fourth-order valence-corrected chi connectivity index (χ4v) is 4.01. The molecule has 1 aliphatic heterocycles. The van der Waals surface area contributed by atoms with Gasteiger partial charge in [-0.2, -0.15) is 13.4 Å². The Morgan fingerprint density at radius 1 is 1.03 bits per heavy atom. The smallest absolute Gasteiger partial charge is 0.261 e. The van der Waals surface area contributed by atoms with Crippen LogP contribution in [0.15, 0.2) is 54.6 Å². The molecule has 9 heteroatoms. The Morgan fingerprint density at radius 2 is 1.73 bits per heavy atom. The second kappa shape index (κ2) is 10.2. The van der Waals surface area contributed by atoms with Crippen molar-refractivity contribution >= 4 is 27.6 Å². The van der Waals surface area contributed by atoms with Gasteiger partial charge in [-0.3, -0.25) is 4.55 Å². The monoisotopic (exact) mass is 468 g/mol. The molecule has 8 nitrogen and oxygen atoms in total. The van der Waals surface area contributed by atoms with Gasteiger partial charge in [-0.05, 0) is 43.4 Å². The SMILES string of the molecule is CS(=O)(=O)O.c1ccc(CNc2nc(N3CCOc4ccccc43)nc3c2CCCC3)cc1. The maximum Gasteiger partial charge on any atom is 0.261 e. The lowest BCUT2D eigenvalue weighted by Crippen LogP contribution is -2.30. The van der Waals surface area contributed by atoms with Gasteiger partial charge < -0.3 is 15.0 Å². The number of ether oxygens (including phenoxy) is 1. The van der Waals surface area contributed by atoms with Crippen molar-refractivity contribution in [1.29, 1.82) is 0 Å². The van der Waals surface area contributed by atoms with Crippen LogP contribution in [-0.2, 0) is 29.5 Å². The molecule has 0 saturated carbocycles. The van der Waals surface area contributed by atoms with E-state index in [1.807, 2.05) is 24.3 Å². The number of nitrogens with zero attached hydrogens (tertiary/aromatic N) is 3. The Kier molecular flexibility index (Phi) is 7.10. The first-order valence-electron chi connectivity index (χ1n) is 11.0. The predicted molar refractivity (Wildman–Crippen MR) is 129 cm³/mol. The van der Waals surface area contributed by atoms with Gasteiger partial charge in [-0.1, -0.05) is 42.5 Å². The van der Waals surface area contributed by atoms with Crippen LogP contribution < -0.4 is 15.0 Å². The van der Waals surface area contributed by atoms with Gasteiger partial charge in [0.1, 0.15) is 18.2 Å². The van der Waals surface area contributed by atoms with Gasteiger partial charge in [0, 0.05) is 12.1 Å². The standard InChI is InChI=1S/C23H24N4O.CH4O3S/c1-2-8-17(9-3-1)16-24-22-18-10-4-5-11-19(18)25-23(26-22)27-14-15-28-21-13-7-6-12-20(21)27;1-5(2,3)4/h1-3,6-9,12-13H,4-5,10-11,14-16H2,(H,24,25,26);1H3,(H,2,3,4). The summed E-state index contributed by atoms with van der Waals surface area (Å²) in [6, 6.07) is 18.6. The summed E-state index contributed by atoms with van der Waals surface area (Å²) in [4.78, 5) is 12.1. The third kappa shape index (κ3) is 6.21. The predicted octanol–water partition coefficient (Wildman–Crippen LogP) is 4.00. The van der Waals surface area contributed by atoms with E-state index in [1.165, 1.54) is 29.7 Å². The van der Waals surface area contributed by atoms with Crippen molar-refractivity contribution in [3.63, 3.8) is 0 Å². The highest BCUT2D eigenvalue weighted by Crippen LogP contribution is 2.36. The van der Waals surface area contributed by atoms with Crippen LogP contribution in [0.1, 0.15) is 29.7 Å². The molecular formula is C24H28N4O4S. The number of para-hydroxylation sites is 2. The maximum atomic E-state index is 9.19. The highest BCUT2D eigenvalue weighted by atomic mass is 32.2. The third-order valence-electron chi connectivity index (χ3n) is 5.44. The summed E-state index contributed by atoms with van der Waals surface area (Å²) in [6.45, 7) is 2.17. The van der Waals surface area contributed by atoms with Crippen molar-refractivity contribution in [3.05, 3.63) is 71.4 Å². The fraction of sp³-hybridized carbons (Fsp3) is 0.333. The molecule has 0 atom stereocenters. The van der Waals surface area contributed by atoms with Crippen molar-refractivity contribution < 1.29 is 17.7 Å². The Bertz CT molecular complexity index is 1190. The lowest BCUT2D eigenvalue weighted by atomic mass is 9.96. The van der Waals surface area contributed by atoms with E-state index >= 15 is 0 Å². The lowest BCUT2D eigenvalue weighted by Gasteiger charge is -2.31. The third-order valence-corrected chi connectivity index (χ3v) is 5.44. The summed E-state index contributed by atoms with van der Waals surface area (Å²) in [6.07, 6.45) is 5.19. The van der Waals surface area contributed by atoms with Crippen LogP contribution >= 0.6 is 0 Å². The van der Waals surface area contributed by atoms with Crippen LogP contribution in [-0.4, -0.2) is 42.3 Å². The molecule has 2 heterocycles. The van der Waals surface area contributed by atoms with Gasteiger partial charge in [0.05, 0.1) is 24.2 Å². The minimum atomic E-state index is -3.67. The number of aromatic nitrogens is 2. The number of aryl methyl sites for hydroxylation is 1. The van der Waals surface area contributed by atoms with Crippen molar-refractivity contribution in [3.8, 4) is 5.75 Å². The average Bonchev–Trinajstić information content (AvgIpc) is 2.81. The maximum absolute atomic E-state index is 9.19. The summed E-state index contributed by atoms with van der Waals surface area (Å²) in [7, 11) is -3.67. The quantitative estimate of drug-likeness (QED) is 0.554. The number of benzene rings is 2. The molecule has 0 unspecified atom stereocenters. The molecule has 0 radical (unpaired) electrons. The van der Waals surface area contributed by atoms with Gasteiger partial charge in [-0.15, -0.1) is 0 Å².